The molecular weight excluding hydrogens is 344 g/mol. The Bertz CT molecular complexity index is 842. The first-order chi connectivity index (χ1) is 12.9. The van der Waals surface area contributed by atoms with Crippen molar-refractivity contribution in [1.82, 2.24) is 19.4 Å². The van der Waals surface area contributed by atoms with E-state index in [0.717, 1.165) is 37.6 Å². The zero-order chi connectivity index (χ0) is 19.2. The number of aliphatic hydroxyl groups excluding tert-OH is 1. The Morgan fingerprint density at radius 1 is 1.37 bits per heavy atom. The first kappa shape index (κ1) is 18.3. The number of aliphatic hydroxyl groups is 1. The third-order valence-corrected chi connectivity index (χ3v) is 6.28. The Labute approximate surface area is 159 Å². The molecule has 0 bridgehead atoms. The summed E-state index contributed by atoms with van der Waals surface area (Å²) >= 11 is 0. The molecule has 4 heterocycles. The molecule has 4 rings (SSSR count). The van der Waals surface area contributed by atoms with Crippen LogP contribution in [0.1, 0.15) is 27.7 Å². The highest BCUT2D eigenvalue weighted by Crippen LogP contribution is 2.42. The minimum Gasteiger partial charge on any atom is -0.466 e. The number of nitrogens with zero attached hydrogens (tertiary/aromatic N) is 4. The minimum absolute atomic E-state index is 0.0196. The molecule has 0 spiro atoms. The molecule has 2 aliphatic heterocycles. The van der Waals surface area contributed by atoms with Crippen LogP contribution in [0.4, 0.5) is 0 Å². The van der Waals surface area contributed by atoms with Crippen molar-refractivity contribution in [3.05, 3.63) is 41.4 Å². The first-order valence-corrected chi connectivity index (χ1v) is 9.57. The van der Waals surface area contributed by atoms with Crippen LogP contribution in [0.25, 0.3) is 0 Å². The van der Waals surface area contributed by atoms with Crippen molar-refractivity contribution >= 4 is 5.91 Å². The van der Waals surface area contributed by atoms with Crippen molar-refractivity contribution in [2.45, 2.75) is 20.3 Å². The molecule has 0 radical (unpaired) electrons. The number of rotatable bonds is 5. The number of imidazole rings is 1. The zero-order valence-electron chi connectivity index (χ0n) is 16.3. The Morgan fingerprint density at radius 3 is 2.78 bits per heavy atom. The van der Waals surface area contributed by atoms with E-state index in [1.807, 2.05) is 48.8 Å². The maximum Gasteiger partial charge on any atom is 0.257 e. The summed E-state index contributed by atoms with van der Waals surface area (Å²) in [5, 5.41) is 10.2. The van der Waals surface area contributed by atoms with E-state index in [2.05, 4.69) is 9.88 Å². The van der Waals surface area contributed by atoms with E-state index in [1.165, 1.54) is 0 Å². The average molecular weight is 372 g/mol. The molecule has 2 saturated heterocycles. The Kier molecular flexibility index (Phi) is 4.60. The lowest BCUT2D eigenvalue weighted by Crippen LogP contribution is -2.39. The van der Waals surface area contributed by atoms with Crippen molar-refractivity contribution in [3.8, 4) is 0 Å². The molecule has 2 aromatic heterocycles. The second-order valence-electron chi connectivity index (χ2n) is 8.17. The van der Waals surface area contributed by atoms with Crippen LogP contribution in [-0.2, 0) is 13.5 Å². The SMILES string of the molecule is Cc1cc(C(=O)N2CC3CN(CCc4nccn4C)CC3(CO)C2)c(C)o1. The predicted molar refractivity (Wildman–Crippen MR) is 100 cm³/mol. The van der Waals surface area contributed by atoms with Crippen LogP contribution in [0.5, 0.6) is 0 Å². The molecule has 7 heteroatoms. The molecule has 2 fully saturated rings. The minimum atomic E-state index is -0.218. The normalized spacial score (nSPS) is 25.3. The average Bonchev–Trinajstić information content (AvgIpc) is 3.35. The molecule has 1 N–H and O–H groups in total. The maximum absolute atomic E-state index is 12.9. The van der Waals surface area contributed by atoms with Crippen molar-refractivity contribution in [1.29, 1.82) is 0 Å². The number of furan rings is 1. The molecule has 2 aromatic rings. The van der Waals surface area contributed by atoms with Gasteiger partial charge in [0, 0.05) is 64.0 Å². The van der Waals surface area contributed by atoms with Gasteiger partial charge in [-0.05, 0) is 25.8 Å². The zero-order valence-corrected chi connectivity index (χ0v) is 16.3. The molecule has 0 aliphatic carbocycles. The lowest BCUT2D eigenvalue weighted by atomic mass is 9.82. The number of fused-ring (bicyclic) bond motifs is 1. The lowest BCUT2D eigenvalue weighted by Gasteiger charge is -2.27. The fraction of sp³-hybridized carbons (Fsp3) is 0.600. The van der Waals surface area contributed by atoms with Gasteiger partial charge in [0.25, 0.3) is 5.91 Å². The Hall–Kier alpha value is -2.12. The van der Waals surface area contributed by atoms with Crippen LogP contribution in [0.3, 0.4) is 0 Å². The lowest BCUT2D eigenvalue weighted by molar-refractivity contribution is 0.0719. The van der Waals surface area contributed by atoms with Gasteiger partial charge < -0.3 is 23.9 Å². The van der Waals surface area contributed by atoms with E-state index in [1.54, 1.807) is 0 Å². The topological polar surface area (TPSA) is 74.7 Å². The van der Waals surface area contributed by atoms with Gasteiger partial charge in [-0.25, -0.2) is 4.98 Å². The quantitative estimate of drug-likeness (QED) is 0.855. The molecule has 0 aromatic carbocycles. The molecular formula is C20H28N4O3. The van der Waals surface area contributed by atoms with Gasteiger partial charge in [0.05, 0.1) is 12.2 Å². The maximum atomic E-state index is 12.9. The number of carbonyl (C=O) groups excluding carboxylic acids is 1. The number of aromatic nitrogens is 2. The monoisotopic (exact) mass is 372 g/mol. The molecule has 2 aliphatic rings. The molecule has 2 unspecified atom stereocenters. The molecule has 146 valence electrons. The Balaban J connectivity index is 1.41. The molecule has 7 nitrogen and oxygen atoms in total. The van der Waals surface area contributed by atoms with Gasteiger partial charge in [-0.3, -0.25) is 4.79 Å². The van der Waals surface area contributed by atoms with Gasteiger partial charge in [-0.1, -0.05) is 0 Å². The summed E-state index contributed by atoms with van der Waals surface area (Å²) in [6, 6.07) is 1.82. The van der Waals surface area contributed by atoms with Crippen LogP contribution in [0, 0.1) is 25.2 Å². The fourth-order valence-electron chi connectivity index (χ4n) is 4.75. The summed E-state index contributed by atoms with van der Waals surface area (Å²) < 4.78 is 7.57. The van der Waals surface area contributed by atoms with E-state index >= 15 is 0 Å². The first-order valence-electron chi connectivity index (χ1n) is 9.57. The number of amides is 1. The summed E-state index contributed by atoms with van der Waals surface area (Å²) in [6.07, 6.45) is 4.69. The van der Waals surface area contributed by atoms with Gasteiger partial charge in [0.2, 0.25) is 0 Å². The predicted octanol–water partition coefficient (Wildman–Crippen LogP) is 1.24. The Morgan fingerprint density at radius 2 is 2.19 bits per heavy atom. The summed E-state index contributed by atoms with van der Waals surface area (Å²) in [6.45, 7) is 7.78. The van der Waals surface area contributed by atoms with E-state index in [-0.39, 0.29) is 17.9 Å². The highest BCUT2D eigenvalue weighted by Gasteiger charge is 2.53. The van der Waals surface area contributed by atoms with E-state index < -0.39 is 0 Å². The largest absolute Gasteiger partial charge is 0.466 e. The smallest absolute Gasteiger partial charge is 0.257 e. The van der Waals surface area contributed by atoms with E-state index in [4.69, 9.17) is 4.42 Å². The summed E-state index contributed by atoms with van der Waals surface area (Å²) in [7, 11) is 2.01. The fourth-order valence-corrected chi connectivity index (χ4v) is 4.75. The van der Waals surface area contributed by atoms with Gasteiger partial charge in [-0.2, -0.15) is 0 Å². The van der Waals surface area contributed by atoms with E-state index in [0.29, 0.717) is 30.3 Å². The number of aryl methyl sites for hydroxylation is 3. The van der Waals surface area contributed by atoms with Crippen LogP contribution in [0.15, 0.2) is 22.9 Å². The van der Waals surface area contributed by atoms with Crippen LogP contribution < -0.4 is 0 Å². The summed E-state index contributed by atoms with van der Waals surface area (Å²) in [5.74, 6) is 2.83. The summed E-state index contributed by atoms with van der Waals surface area (Å²) in [4.78, 5) is 21.6. The third kappa shape index (κ3) is 3.19. The molecule has 2 atom stereocenters. The van der Waals surface area contributed by atoms with Gasteiger partial charge in [0.1, 0.15) is 17.3 Å². The van der Waals surface area contributed by atoms with Gasteiger partial charge in [0.15, 0.2) is 0 Å². The number of carbonyl (C=O) groups is 1. The number of hydrogen-bond acceptors (Lipinski definition) is 5. The van der Waals surface area contributed by atoms with Crippen molar-refractivity contribution in [3.63, 3.8) is 0 Å². The molecule has 0 saturated carbocycles. The van der Waals surface area contributed by atoms with Crippen LogP contribution >= 0.6 is 0 Å². The van der Waals surface area contributed by atoms with Crippen LogP contribution in [-0.4, -0.2) is 69.7 Å². The van der Waals surface area contributed by atoms with E-state index in [9.17, 15) is 9.90 Å². The van der Waals surface area contributed by atoms with Gasteiger partial charge >= 0.3 is 0 Å². The third-order valence-electron chi connectivity index (χ3n) is 6.28. The van der Waals surface area contributed by atoms with Crippen molar-refractivity contribution in [2.24, 2.45) is 18.4 Å². The number of likely N-dealkylation sites (tertiary alicyclic amines) is 2. The molecule has 27 heavy (non-hydrogen) atoms. The van der Waals surface area contributed by atoms with Crippen LogP contribution in [0.2, 0.25) is 0 Å². The standard InChI is InChI=1S/C20H28N4O3/c1-14-8-17(15(2)27-14)19(26)24-10-16-9-23(11-20(16,12-24)13-25)6-4-18-21-5-7-22(18)3/h5,7-8,16,25H,4,6,9-13H2,1-3H3. The molecule has 1 amide bonds. The highest BCUT2D eigenvalue weighted by molar-refractivity contribution is 5.95. The number of hydrogen-bond donors (Lipinski definition) is 1. The van der Waals surface area contributed by atoms with Crippen molar-refractivity contribution in [2.75, 3.05) is 39.3 Å². The van der Waals surface area contributed by atoms with Gasteiger partial charge in [-0.15, -0.1) is 0 Å². The second kappa shape index (κ2) is 6.80. The van der Waals surface area contributed by atoms with Crippen molar-refractivity contribution < 1.29 is 14.3 Å². The second-order valence-corrected chi connectivity index (χ2v) is 8.17. The summed E-state index contributed by atoms with van der Waals surface area (Å²) in [5.41, 5.74) is 0.427. The highest BCUT2D eigenvalue weighted by atomic mass is 16.3.